The average molecular weight is 495 g/mol. The molecule has 0 spiro atoms. The smallest absolute Gasteiger partial charge is 0.267 e. The Hall–Kier alpha value is -3.75. The van der Waals surface area contributed by atoms with E-state index in [9.17, 15) is 4.79 Å². The molecule has 2 heterocycles. The van der Waals surface area contributed by atoms with Gasteiger partial charge in [0.15, 0.2) is 17.1 Å². The molecule has 0 unspecified atom stereocenters. The molecule has 7 nitrogen and oxygen atoms in total. The molecule has 0 aliphatic rings. The summed E-state index contributed by atoms with van der Waals surface area (Å²) in [7, 11) is 4.64. The minimum absolute atomic E-state index is 0.279. The lowest BCUT2D eigenvalue weighted by molar-refractivity contribution is 0.103. The van der Waals surface area contributed by atoms with Gasteiger partial charge in [-0.25, -0.2) is 4.98 Å². The van der Waals surface area contributed by atoms with Crippen LogP contribution < -0.4 is 19.5 Å². The fourth-order valence-corrected chi connectivity index (χ4v) is 5.09. The quantitative estimate of drug-likeness (QED) is 0.285. The largest absolute Gasteiger partial charge is 0.493 e. The third-order valence-corrected chi connectivity index (χ3v) is 6.97. The summed E-state index contributed by atoms with van der Waals surface area (Å²) in [4.78, 5) is 17.9. The molecule has 0 aliphatic carbocycles. The summed E-state index contributed by atoms with van der Waals surface area (Å²) < 4.78 is 23.1. The number of nitrogens with one attached hydrogen (secondary N) is 1. The number of thiophene rings is 1. The summed E-state index contributed by atoms with van der Waals surface area (Å²) in [5.41, 5.74) is 2.40. The summed E-state index contributed by atoms with van der Waals surface area (Å²) in [6.45, 7) is 0. The van der Waals surface area contributed by atoms with Crippen molar-refractivity contribution in [2.24, 2.45) is 0 Å². The molecule has 3 aromatic carbocycles. The Balaban J connectivity index is 1.46. The first kappa shape index (κ1) is 22.1. The Morgan fingerprint density at radius 3 is 2.41 bits per heavy atom. The highest BCUT2D eigenvalue weighted by Gasteiger charge is 2.19. The molecule has 9 heteroatoms. The topological polar surface area (TPSA) is 82.8 Å². The molecule has 0 fully saturated rings. The van der Waals surface area contributed by atoms with Crippen molar-refractivity contribution in [1.82, 2.24) is 4.98 Å². The summed E-state index contributed by atoms with van der Waals surface area (Å²) in [5, 5.41) is 4.21. The van der Waals surface area contributed by atoms with E-state index in [1.54, 1.807) is 51.7 Å². The van der Waals surface area contributed by atoms with Crippen molar-refractivity contribution >= 4 is 55.7 Å². The maximum Gasteiger partial charge on any atom is 0.267 e. The van der Waals surface area contributed by atoms with Gasteiger partial charge in [0.2, 0.25) is 11.6 Å². The van der Waals surface area contributed by atoms with Crippen LogP contribution in [-0.4, -0.2) is 32.2 Å². The SMILES string of the molecule is COc1cc(-c2nc3cc(NC(=O)c4sc5ccccc5c4Cl)ccc3o2)cc(OC)c1OC. The lowest BCUT2D eigenvalue weighted by Gasteiger charge is -2.12. The number of carbonyl (C=O) groups is 1. The second kappa shape index (κ2) is 8.89. The van der Waals surface area contributed by atoms with Crippen LogP contribution in [0.2, 0.25) is 5.02 Å². The standard InChI is InChI=1S/C25H19ClN2O5S/c1-30-18-10-13(11-19(31-2)22(18)32-3)25-28-16-12-14(8-9-17(16)33-25)27-24(29)23-21(26)15-6-4-5-7-20(15)34-23/h4-12H,1-3H3,(H,27,29). The molecule has 2 aromatic heterocycles. The van der Waals surface area contributed by atoms with E-state index in [2.05, 4.69) is 10.3 Å². The lowest BCUT2D eigenvalue weighted by atomic mass is 10.2. The molecular formula is C25H19ClN2O5S. The maximum atomic E-state index is 12.9. The highest BCUT2D eigenvalue weighted by atomic mass is 35.5. The predicted octanol–water partition coefficient (Wildman–Crippen LogP) is 6.64. The molecule has 0 radical (unpaired) electrons. The number of oxazole rings is 1. The minimum Gasteiger partial charge on any atom is -0.493 e. The van der Waals surface area contributed by atoms with Crippen LogP contribution in [0.5, 0.6) is 17.2 Å². The number of nitrogens with zero attached hydrogens (tertiary/aromatic N) is 1. The zero-order valence-electron chi connectivity index (χ0n) is 18.5. The van der Waals surface area contributed by atoms with Crippen molar-refractivity contribution in [2.45, 2.75) is 0 Å². The molecule has 1 N–H and O–H groups in total. The van der Waals surface area contributed by atoms with Crippen molar-refractivity contribution in [3.63, 3.8) is 0 Å². The maximum absolute atomic E-state index is 12.9. The van der Waals surface area contributed by atoms with Gasteiger partial charge in [0.05, 0.1) is 26.4 Å². The summed E-state index contributed by atoms with van der Waals surface area (Å²) in [5.74, 6) is 1.57. The third-order valence-electron chi connectivity index (χ3n) is 5.30. The number of methoxy groups -OCH3 is 3. The molecule has 5 rings (SSSR count). The molecule has 0 aliphatic heterocycles. The number of hydrogen-bond acceptors (Lipinski definition) is 7. The molecule has 5 aromatic rings. The van der Waals surface area contributed by atoms with Crippen LogP contribution in [0.1, 0.15) is 9.67 Å². The highest BCUT2D eigenvalue weighted by molar-refractivity contribution is 7.21. The van der Waals surface area contributed by atoms with Gasteiger partial charge in [0.25, 0.3) is 5.91 Å². The molecular weight excluding hydrogens is 476 g/mol. The predicted molar refractivity (Wildman–Crippen MR) is 134 cm³/mol. The van der Waals surface area contributed by atoms with Crippen LogP contribution in [0, 0.1) is 0 Å². The van der Waals surface area contributed by atoms with Crippen molar-refractivity contribution in [3.8, 4) is 28.7 Å². The van der Waals surface area contributed by atoms with Crippen LogP contribution in [0.3, 0.4) is 0 Å². The van der Waals surface area contributed by atoms with E-state index in [1.807, 2.05) is 24.3 Å². The number of amides is 1. The number of halogens is 1. The second-order valence-corrected chi connectivity index (χ2v) is 8.74. The Labute approximate surface area is 203 Å². The summed E-state index contributed by atoms with van der Waals surface area (Å²) in [6.07, 6.45) is 0. The van der Waals surface area contributed by atoms with Gasteiger partial charge in [-0.3, -0.25) is 4.79 Å². The summed E-state index contributed by atoms with van der Waals surface area (Å²) >= 11 is 7.80. The van der Waals surface area contributed by atoms with Crippen LogP contribution >= 0.6 is 22.9 Å². The number of aromatic nitrogens is 1. The van der Waals surface area contributed by atoms with Crippen LogP contribution in [0.25, 0.3) is 32.6 Å². The molecule has 0 saturated carbocycles. The van der Waals surface area contributed by atoms with Gasteiger partial charge < -0.3 is 23.9 Å². The monoisotopic (exact) mass is 494 g/mol. The molecule has 0 saturated heterocycles. The fourth-order valence-electron chi connectivity index (χ4n) is 3.68. The first-order valence-electron chi connectivity index (χ1n) is 10.2. The first-order chi connectivity index (χ1) is 16.5. The second-order valence-electron chi connectivity index (χ2n) is 7.31. The number of anilines is 1. The summed E-state index contributed by atoms with van der Waals surface area (Å²) in [6, 6.07) is 16.4. The van der Waals surface area contributed by atoms with E-state index in [1.165, 1.54) is 11.3 Å². The van der Waals surface area contributed by atoms with Crippen LogP contribution in [0.15, 0.2) is 59.0 Å². The number of hydrogen-bond donors (Lipinski definition) is 1. The minimum atomic E-state index is -0.279. The van der Waals surface area contributed by atoms with Crippen molar-refractivity contribution in [3.05, 3.63) is 64.5 Å². The average Bonchev–Trinajstić information content (AvgIpc) is 3.44. The lowest BCUT2D eigenvalue weighted by Crippen LogP contribution is -2.10. The van der Waals surface area contributed by atoms with E-state index in [0.717, 1.165) is 10.1 Å². The van der Waals surface area contributed by atoms with Crippen molar-refractivity contribution in [2.75, 3.05) is 26.6 Å². The normalized spacial score (nSPS) is 11.1. The van der Waals surface area contributed by atoms with Gasteiger partial charge in [-0.1, -0.05) is 29.8 Å². The van der Waals surface area contributed by atoms with Gasteiger partial charge in [-0.15, -0.1) is 11.3 Å². The van der Waals surface area contributed by atoms with Gasteiger partial charge >= 0.3 is 0 Å². The molecule has 1 amide bonds. The zero-order chi connectivity index (χ0) is 23.8. The van der Waals surface area contributed by atoms with Gasteiger partial charge in [-0.05, 0) is 36.4 Å². The molecule has 0 atom stereocenters. The van der Waals surface area contributed by atoms with Crippen LogP contribution in [-0.2, 0) is 0 Å². The van der Waals surface area contributed by atoms with Gasteiger partial charge in [0, 0.05) is 21.3 Å². The number of rotatable bonds is 6. The zero-order valence-corrected chi connectivity index (χ0v) is 20.0. The molecule has 172 valence electrons. The fraction of sp³-hybridized carbons (Fsp3) is 0.120. The van der Waals surface area contributed by atoms with E-state index in [4.69, 9.17) is 30.2 Å². The Bertz CT molecular complexity index is 1520. The van der Waals surface area contributed by atoms with E-state index in [0.29, 0.717) is 55.4 Å². The molecule has 0 bridgehead atoms. The van der Waals surface area contributed by atoms with E-state index in [-0.39, 0.29) is 5.91 Å². The highest BCUT2D eigenvalue weighted by Crippen LogP contribution is 2.41. The number of carbonyl (C=O) groups excluding carboxylic acids is 1. The number of fused-ring (bicyclic) bond motifs is 2. The van der Waals surface area contributed by atoms with Crippen molar-refractivity contribution < 1.29 is 23.4 Å². The Morgan fingerprint density at radius 2 is 1.74 bits per heavy atom. The Morgan fingerprint density at radius 1 is 1.00 bits per heavy atom. The number of ether oxygens (including phenoxy) is 3. The Kier molecular flexibility index (Phi) is 5.77. The molecule has 34 heavy (non-hydrogen) atoms. The third kappa shape index (κ3) is 3.81. The van der Waals surface area contributed by atoms with Gasteiger partial charge in [-0.2, -0.15) is 0 Å². The number of benzene rings is 3. The van der Waals surface area contributed by atoms with E-state index >= 15 is 0 Å². The van der Waals surface area contributed by atoms with Crippen molar-refractivity contribution in [1.29, 1.82) is 0 Å². The van der Waals surface area contributed by atoms with Gasteiger partial charge in [0.1, 0.15) is 10.4 Å². The van der Waals surface area contributed by atoms with E-state index < -0.39 is 0 Å². The van der Waals surface area contributed by atoms with Crippen LogP contribution in [0.4, 0.5) is 5.69 Å². The first-order valence-corrected chi connectivity index (χ1v) is 11.4.